The molecule has 0 bridgehead atoms. The minimum Gasteiger partial charge on any atom is -0.497 e. The second-order valence-corrected chi connectivity index (χ2v) is 6.94. The lowest BCUT2D eigenvalue weighted by Crippen LogP contribution is -2.32. The normalized spacial score (nSPS) is 10.2. The van der Waals surface area contributed by atoms with Gasteiger partial charge in [-0.15, -0.1) is 0 Å². The van der Waals surface area contributed by atoms with E-state index in [9.17, 15) is 4.79 Å². The second-order valence-electron chi connectivity index (χ2n) is 6.94. The molecule has 2 aromatic heterocycles. The van der Waals surface area contributed by atoms with Crippen LogP contribution in [0.1, 0.15) is 11.4 Å². The summed E-state index contributed by atoms with van der Waals surface area (Å²) in [6, 6.07) is 10.5. The van der Waals surface area contributed by atoms with Crippen LogP contribution in [0, 0.1) is 13.8 Å². The van der Waals surface area contributed by atoms with Gasteiger partial charge in [-0.1, -0.05) is 0 Å². The van der Waals surface area contributed by atoms with Crippen molar-refractivity contribution in [3.63, 3.8) is 0 Å². The number of amides is 2. The number of rotatable bonds is 9. The van der Waals surface area contributed by atoms with E-state index in [1.807, 2.05) is 26.0 Å². The summed E-state index contributed by atoms with van der Waals surface area (Å²) in [6.07, 6.45) is 1.74. The van der Waals surface area contributed by atoms with Gasteiger partial charge in [0.1, 0.15) is 34.8 Å². The van der Waals surface area contributed by atoms with Gasteiger partial charge in [0.05, 0.1) is 14.2 Å². The molecular weight excluding hydrogens is 410 g/mol. The van der Waals surface area contributed by atoms with Gasteiger partial charge in [-0.3, -0.25) is 0 Å². The molecule has 0 saturated carbocycles. The van der Waals surface area contributed by atoms with Crippen molar-refractivity contribution in [2.24, 2.45) is 0 Å². The number of urea groups is 1. The average Bonchev–Trinajstić information content (AvgIpc) is 2.76. The molecule has 1 aromatic carbocycles. The number of hydrogen-bond acceptors (Lipinski definition) is 8. The maximum Gasteiger partial charge on any atom is 0.319 e. The predicted molar refractivity (Wildman–Crippen MR) is 124 cm³/mol. The Morgan fingerprint density at radius 3 is 2.31 bits per heavy atom. The summed E-state index contributed by atoms with van der Waals surface area (Å²) in [5, 5.41) is 11.9. The molecule has 10 heteroatoms. The van der Waals surface area contributed by atoms with Crippen molar-refractivity contribution in [2.75, 3.05) is 43.3 Å². The van der Waals surface area contributed by atoms with E-state index >= 15 is 0 Å². The molecule has 2 heterocycles. The summed E-state index contributed by atoms with van der Waals surface area (Å²) in [5.41, 5.74) is 1.67. The number of carbonyl (C=O) groups excluding carboxylic acids is 1. The molecule has 10 nitrogen and oxygen atoms in total. The Bertz CT molecular complexity index is 1050. The van der Waals surface area contributed by atoms with Gasteiger partial charge in [0.2, 0.25) is 0 Å². The molecule has 0 saturated heterocycles. The quantitative estimate of drug-likeness (QED) is 0.375. The number of aryl methyl sites for hydroxylation is 2. The standard InChI is InChI=1S/C22H27N7O3/c1-14-5-6-23-19(9-14)29-21-13-20(26-15(2)27-21)24-7-8-25-22(30)28-16-10-17(31-3)12-18(11-16)32-4/h5-6,9-13H,7-8H2,1-4H3,(H2,25,28,30)(H2,23,24,26,27,29). The van der Waals surface area contributed by atoms with Crippen molar-refractivity contribution in [1.82, 2.24) is 20.3 Å². The van der Waals surface area contributed by atoms with E-state index in [1.54, 1.807) is 44.7 Å². The molecule has 0 atom stereocenters. The van der Waals surface area contributed by atoms with Crippen LogP contribution in [-0.2, 0) is 0 Å². The van der Waals surface area contributed by atoms with Crippen molar-refractivity contribution < 1.29 is 14.3 Å². The molecule has 0 aliphatic heterocycles. The minimum absolute atomic E-state index is 0.339. The maximum atomic E-state index is 12.2. The van der Waals surface area contributed by atoms with Gasteiger partial charge in [-0.05, 0) is 31.5 Å². The van der Waals surface area contributed by atoms with Crippen LogP contribution in [0.25, 0.3) is 0 Å². The third kappa shape index (κ3) is 6.73. The van der Waals surface area contributed by atoms with Crippen LogP contribution >= 0.6 is 0 Å². The minimum atomic E-state index is -0.339. The van der Waals surface area contributed by atoms with E-state index in [-0.39, 0.29) is 6.03 Å². The molecule has 0 aliphatic rings. The van der Waals surface area contributed by atoms with E-state index in [0.717, 1.165) is 5.56 Å². The molecule has 0 spiro atoms. The van der Waals surface area contributed by atoms with Gasteiger partial charge in [0.25, 0.3) is 0 Å². The van der Waals surface area contributed by atoms with E-state index in [1.165, 1.54) is 0 Å². The molecule has 3 aromatic rings. The first kappa shape index (κ1) is 22.6. The Hall–Kier alpha value is -4.08. The van der Waals surface area contributed by atoms with E-state index in [4.69, 9.17) is 9.47 Å². The van der Waals surface area contributed by atoms with Gasteiger partial charge in [0, 0.05) is 49.2 Å². The van der Waals surface area contributed by atoms with Crippen LogP contribution in [0.15, 0.2) is 42.6 Å². The van der Waals surface area contributed by atoms with Gasteiger partial charge in [-0.2, -0.15) is 0 Å². The molecule has 0 fully saturated rings. The number of anilines is 4. The number of pyridine rings is 1. The highest BCUT2D eigenvalue weighted by Crippen LogP contribution is 2.25. The third-order valence-corrected chi connectivity index (χ3v) is 4.34. The summed E-state index contributed by atoms with van der Waals surface area (Å²) in [5.74, 6) is 3.78. The Balaban J connectivity index is 1.50. The SMILES string of the molecule is COc1cc(NC(=O)NCCNc2cc(Nc3cc(C)ccn3)nc(C)n2)cc(OC)c1. The zero-order chi connectivity index (χ0) is 22.9. The lowest BCUT2D eigenvalue weighted by atomic mass is 10.3. The molecule has 168 valence electrons. The monoisotopic (exact) mass is 437 g/mol. The topological polar surface area (TPSA) is 122 Å². The fourth-order valence-corrected chi connectivity index (χ4v) is 2.88. The van der Waals surface area contributed by atoms with E-state index < -0.39 is 0 Å². The lowest BCUT2D eigenvalue weighted by Gasteiger charge is -2.12. The fraction of sp³-hybridized carbons (Fsp3) is 0.273. The van der Waals surface area contributed by atoms with Crippen molar-refractivity contribution in [2.45, 2.75) is 13.8 Å². The number of methoxy groups -OCH3 is 2. The van der Waals surface area contributed by atoms with E-state index in [2.05, 4.69) is 36.2 Å². The summed E-state index contributed by atoms with van der Waals surface area (Å²) in [4.78, 5) is 25.2. The fourth-order valence-electron chi connectivity index (χ4n) is 2.88. The molecule has 0 aliphatic carbocycles. The summed E-state index contributed by atoms with van der Waals surface area (Å²) in [6.45, 7) is 4.68. The summed E-state index contributed by atoms with van der Waals surface area (Å²) >= 11 is 0. The number of hydrogen-bond donors (Lipinski definition) is 4. The Kier molecular flexibility index (Phi) is 7.63. The molecule has 4 N–H and O–H groups in total. The van der Waals surface area contributed by atoms with Crippen molar-refractivity contribution in [3.8, 4) is 11.5 Å². The molecule has 32 heavy (non-hydrogen) atoms. The van der Waals surface area contributed by atoms with Crippen LogP contribution in [-0.4, -0.2) is 48.3 Å². The van der Waals surface area contributed by atoms with Gasteiger partial charge < -0.3 is 30.7 Å². The highest BCUT2D eigenvalue weighted by molar-refractivity contribution is 5.89. The molecule has 0 radical (unpaired) electrons. The maximum absolute atomic E-state index is 12.2. The summed E-state index contributed by atoms with van der Waals surface area (Å²) < 4.78 is 10.4. The smallest absolute Gasteiger partial charge is 0.319 e. The van der Waals surface area contributed by atoms with Crippen molar-refractivity contribution >= 4 is 29.2 Å². The van der Waals surface area contributed by atoms with Crippen molar-refractivity contribution in [1.29, 1.82) is 0 Å². The molecular formula is C22H27N7O3. The third-order valence-electron chi connectivity index (χ3n) is 4.34. The number of benzene rings is 1. The average molecular weight is 438 g/mol. The van der Waals surface area contributed by atoms with Crippen LogP contribution in [0.2, 0.25) is 0 Å². The predicted octanol–water partition coefficient (Wildman–Crippen LogP) is 3.48. The summed E-state index contributed by atoms with van der Waals surface area (Å²) in [7, 11) is 3.11. The molecule has 2 amide bonds. The Labute approximate surface area is 186 Å². The first-order valence-electron chi connectivity index (χ1n) is 10.0. The number of nitrogens with one attached hydrogen (secondary N) is 4. The van der Waals surface area contributed by atoms with Gasteiger partial charge >= 0.3 is 6.03 Å². The lowest BCUT2D eigenvalue weighted by molar-refractivity contribution is 0.252. The Morgan fingerprint density at radius 2 is 1.62 bits per heavy atom. The number of carbonyl (C=O) groups is 1. The first-order valence-corrected chi connectivity index (χ1v) is 10.0. The largest absolute Gasteiger partial charge is 0.497 e. The first-order chi connectivity index (χ1) is 15.4. The van der Waals surface area contributed by atoms with Gasteiger partial charge in [-0.25, -0.2) is 19.7 Å². The number of nitrogens with zero attached hydrogens (tertiary/aromatic N) is 3. The second kappa shape index (κ2) is 10.8. The Morgan fingerprint density at radius 1 is 0.906 bits per heavy atom. The van der Waals surface area contributed by atoms with E-state index in [0.29, 0.717) is 53.6 Å². The van der Waals surface area contributed by atoms with Crippen LogP contribution in [0.4, 0.5) is 27.9 Å². The van der Waals surface area contributed by atoms with Gasteiger partial charge in [0.15, 0.2) is 0 Å². The molecule has 0 unspecified atom stereocenters. The highest BCUT2D eigenvalue weighted by atomic mass is 16.5. The van der Waals surface area contributed by atoms with Crippen LogP contribution in [0.3, 0.4) is 0 Å². The number of aromatic nitrogens is 3. The highest BCUT2D eigenvalue weighted by Gasteiger charge is 2.07. The van der Waals surface area contributed by atoms with Crippen LogP contribution in [0.5, 0.6) is 11.5 Å². The van der Waals surface area contributed by atoms with Crippen molar-refractivity contribution in [3.05, 3.63) is 54.0 Å². The zero-order valence-electron chi connectivity index (χ0n) is 18.5. The molecule has 3 rings (SSSR count). The zero-order valence-corrected chi connectivity index (χ0v) is 18.5. The van der Waals surface area contributed by atoms with Crippen LogP contribution < -0.4 is 30.7 Å². The number of ether oxygens (including phenoxy) is 2.